The highest BCUT2D eigenvalue weighted by Crippen LogP contribution is 2.28. The summed E-state index contributed by atoms with van der Waals surface area (Å²) < 4.78 is 56.6. The molecule has 3 aromatic rings. The third-order valence-corrected chi connectivity index (χ3v) is 9.49. The smallest absolute Gasteiger partial charge is 0.211 e. The summed E-state index contributed by atoms with van der Waals surface area (Å²) >= 11 is 0. The lowest BCUT2D eigenvalue weighted by Gasteiger charge is -2.34. The summed E-state index contributed by atoms with van der Waals surface area (Å²) in [4.78, 5) is 0.523. The van der Waals surface area contributed by atoms with E-state index in [-0.39, 0.29) is 22.4 Å². The summed E-state index contributed by atoms with van der Waals surface area (Å²) in [5.41, 5.74) is 1.00. The lowest BCUT2D eigenvalue weighted by atomic mass is 10.0. The Labute approximate surface area is 190 Å². The molecule has 0 aromatic heterocycles. The second kappa shape index (κ2) is 9.31. The number of fused-ring (bicyclic) bond motifs is 1. The van der Waals surface area contributed by atoms with Crippen molar-refractivity contribution in [3.8, 4) is 0 Å². The van der Waals surface area contributed by atoms with Gasteiger partial charge in [0.25, 0.3) is 0 Å². The fourth-order valence-electron chi connectivity index (χ4n) is 4.29. The van der Waals surface area contributed by atoms with Crippen LogP contribution in [0.4, 0.5) is 0 Å². The number of benzene rings is 3. The highest BCUT2D eigenvalue weighted by Gasteiger charge is 2.33. The van der Waals surface area contributed by atoms with Gasteiger partial charge in [0.05, 0.1) is 9.79 Å². The zero-order chi connectivity index (χ0) is 22.8. The highest BCUT2D eigenvalue weighted by atomic mass is 32.2. The molecule has 8 heteroatoms. The number of nitrogens with one attached hydrogen (secondary N) is 1. The van der Waals surface area contributed by atoms with E-state index in [0.717, 1.165) is 30.2 Å². The van der Waals surface area contributed by atoms with Gasteiger partial charge in [-0.05, 0) is 49.8 Å². The van der Waals surface area contributed by atoms with Gasteiger partial charge in [-0.15, -0.1) is 0 Å². The second-order valence-electron chi connectivity index (χ2n) is 8.24. The van der Waals surface area contributed by atoms with Gasteiger partial charge in [0.1, 0.15) is 0 Å². The molecule has 1 aliphatic rings. The Bertz CT molecular complexity index is 1300. The zero-order valence-electron chi connectivity index (χ0n) is 18.1. The lowest BCUT2D eigenvalue weighted by Crippen LogP contribution is -2.45. The first-order chi connectivity index (χ1) is 15.3. The van der Waals surface area contributed by atoms with E-state index in [1.807, 2.05) is 31.2 Å². The molecule has 0 spiro atoms. The number of nitrogens with zero attached hydrogens (tertiary/aromatic N) is 1. The maximum atomic E-state index is 13.2. The van der Waals surface area contributed by atoms with Crippen LogP contribution in [0.15, 0.2) is 76.5 Å². The van der Waals surface area contributed by atoms with Crippen molar-refractivity contribution in [2.45, 2.75) is 48.4 Å². The maximum absolute atomic E-state index is 13.2. The summed E-state index contributed by atoms with van der Waals surface area (Å²) in [5.74, 6) is 0. The first kappa shape index (κ1) is 22.9. The standard InChI is InChI=1S/C24H28N2O4S2/c1-19-12-14-22(15-13-19)32(29,30)26-18-5-4-9-21(26)16-17-25-31(27,28)24-11-6-8-20-7-2-3-10-23(20)24/h2-3,6-8,10-15,21,25H,4-5,9,16-18H2,1H3. The molecule has 0 radical (unpaired) electrons. The number of piperidine rings is 1. The summed E-state index contributed by atoms with van der Waals surface area (Å²) in [6.07, 6.45) is 2.89. The Morgan fingerprint density at radius 3 is 2.41 bits per heavy atom. The third-order valence-electron chi connectivity index (χ3n) is 6.01. The topological polar surface area (TPSA) is 83.6 Å². The van der Waals surface area contributed by atoms with Crippen molar-refractivity contribution in [3.63, 3.8) is 0 Å². The molecule has 1 fully saturated rings. The fraction of sp³-hybridized carbons (Fsp3) is 0.333. The van der Waals surface area contributed by atoms with Crippen LogP contribution in [-0.2, 0) is 20.0 Å². The molecule has 0 bridgehead atoms. The van der Waals surface area contributed by atoms with Crippen LogP contribution in [0, 0.1) is 6.92 Å². The van der Waals surface area contributed by atoms with Crippen molar-refractivity contribution in [1.29, 1.82) is 0 Å². The molecule has 1 saturated heterocycles. The van der Waals surface area contributed by atoms with Crippen molar-refractivity contribution in [2.75, 3.05) is 13.1 Å². The van der Waals surface area contributed by atoms with Gasteiger partial charge in [0.15, 0.2) is 0 Å². The third kappa shape index (κ3) is 4.73. The molecule has 4 rings (SSSR count). The Morgan fingerprint density at radius 2 is 1.62 bits per heavy atom. The van der Waals surface area contributed by atoms with Crippen LogP contribution >= 0.6 is 0 Å². The Balaban J connectivity index is 1.49. The van der Waals surface area contributed by atoms with E-state index in [0.29, 0.717) is 18.4 Å². The monoisotopic (exact) mass is 472 g/mol. The van der Waals surface area contributed by atoms with Gasteiger partial charge in [-0.25, -0.2) is 21.6 Å². The quantitative estimate of drug-likeness (QED) is 0.562. The van der Waals surface area contributed by atoms with Gasteiger partial charge < -0.3 is 0 Å². The molecule has 1 aliphatic heterocycles. The average molecular weight is 473 g/mol. The maximum Gasteiger partial charge on any atom is 0.243 e. The van der Waals surface area contributed by atoms with Gasteiger partial charge in [-0.1, -0.05) is 60.5 Å². The minimum atomic E-state index is -3.72. The van der Waals surface area contributed by atoms with Gasteiger partial charge in [0, 0.05) is 24.5 Å². The minimum Gasteiger partial charge on any atom is -0.211 e. The minimum absolute atomic E-state index is 0.177. The molecule has 1 heterocycles. The molecule has 0 amide bonds. The van der Waals surface area contributed by atoms with E-state index in [1.165, 1.54) is 0 Å². The molecule has 32 heavy (non-hydrogen) atoms. The number of hydrogen-bond donors (Lipinski definition) is 1. The fourth-order valence-corrected chi connectivity index (χ4v) is 7.29. The van der Waals surface area contributed by atoms with Crippen LogP contribution in [0.5, 0.6) is 0 Å². The SMILES string of the molecule is Cc1ccc(S(=O)(=O)N2CCCCC2CCNS(=O)(=O)c2cccc3ccccc23)cc1. The molecule has 1 N–H and O–H groups in total. The van der Waals surface area contributed by atoms with Gasteiger partial charge >= 0.3 is 0 Å². The largest absolute Gasteiger partial charge is 0.243 e. The predicted molar refractivity (Wildman–Crippen MR) is 126 cm³/mol. The molecular weight excluding hydrogens is 444 g/mol. The van der Waals surface area contributed by atoms with Crippen LogP contribution in [0.1, 0.15) is 31.2 Å². The van der Waals surface area contributed by atoms with Crippen molar-refractivity contribution >= 4 is 30.8 Å². The van der Waals surface area contributed by atoms with Crippen molar-refractivity contribution in [2.24, 2.45) is 0 Å². The Hall–Kier alpha value is -2.26. The van der Waals surface area contributed by atoms with Crippen LogP contribution < -0.4 is 4.72 Å². The van der Waals surface area contributed by atoms with Crippen LogP contribution in [0.3, 0.4) is 0 Å². The van der Waals surface area contributed by atoms with Crippen molar-refractivity contribution in [1.82, 2.24) is 9.03 Å². The summed E-state index contributed by atoms with van der Waals surface area (Å²) in [6, 6.07) is 19.2. The Kier molecular flexibility index (Phi) is 6.67. The van der Waals surface area contributed by atoms with E-state index in [2.05, 4.69) is 4.72 Å². The molecule has 0 saturated carbocycles. The zero-order valence-corrected chi connectivity index (χ0v) is 19.7. The molecular formula is C24H28N2O4S2. The number of rotatable bonds is 7. The average Bonchev–Trinajstić information content (AvgIpc) is 2.79. The predicted octanol–water partition coefficient (Wildman–Crippen LogP) is 4.06. The van der Waals surface area contributed by atoms with Gasteiger partial charge in [-0.2, -0.15) is 4.31 Å². The molecule has 170 valence electrons. The first-order valence-corrected chi connectivity index (χ1v) is 13.8. The summed E-state index contributed by atoms with van der Waals surface area (Å²) in [6.45, 7) is 2.55. The van der Waals surface area contributed by atoms with Crippen LogP contribution in [-0.4, -0.2) is 40.3 Å². The van der Waals surface area contributed by atoms with Crippen molar-refractivity contribution < 1.29 is 16.8 Å². The number of aryl methyl sites for hydroxylation is 1. The molecule has 0 aliphatic carbocycles. The molecule has 1 atom stereocenters. The van der Waals surface area contributed by atoms with E-state index in [1.54, 1.807) is 46.8 Å². The van der Waals surface area contributed by atoms with E-state index in [9.17, 15) is 16.8 Å². The van der Waals surface area contributed by atoms with Crippen molar-refractivity contribution in [3.05, 3.63) is 72.3 Å². The van der Waals surface area contributed by atoms with Gasteiger partial charge in [0.2, 0.25) is 20.0 Å². The van der Waals surface area contributed by atoms with Crippen LogP contribution in [0.25, 0.3) is 10.8 Å². The molecule has 6 nitrogen and oxygen atoms in total. The van der Waals surface area contributed by atoms with E-state index in [4.69, 9.17) is 0 Å². The second-order valence-corrected chi connectivity index (χ2v) is 11.9. The summed E-state index contributed by atoms with van der Waals surface area (Å²) in [7, 11) is -7.33. The van der Waals surface area contributed by atoms with Gasteiger partial charge in [-0.3, -0.25) is 0 Å². The number of hydrogen-bond acceptors (Lipinski definition) is 4. The van der Waals surface area contributed by atoms with E-state index >= 15 is 0 Å². The highest BCUT2D eigenvalue weighted by molar-refractivity contribution is 7.89. The normalized spacial score (nSPS) is 18.1. The molecule has 3 aromatic carbocycles. The molecule has 1 unspecified atom stereocenters. The first-order valence-electron chi connectivity index (χ1n) is 10.8. The Morgan fingerprint density at radius 1 is 0.906 bits per heavy atom. The lowest BCUT2D eigenvalue weighted by molar-refractivity contribution is 0.242. The van der Waals surface area contributed by atoms with Crippen LogP contribution in [0.2, 0.25) is 0 Å². The number of sulfonamides is 2. The van der Waals surface area contributed by atoms with E-state index < -0.39 is 20.0 Å². The summed E-state index contributed by atoms with van der Waals surface area (Å²) in [5, 5.41) is 1.53.